The SMILES string of the molecule is CCC(=O)CCC(C(C)=O)N1Cc2cc(NC(=O)N3CC(COc4c(Cl)cc(C(C)(C)c5ccc(OCc6ccnc(N[N+](C)(O)S)n6)cc5)cc4C#N)C3)ccc2C1=O. The van der Waals surface area contributed by atoms with Crippen LogP contribution in [0.5, 0.6) is 11.5 Å². The molecule has 0 saturated carbocycles. The second-order valence-corrected chi connectivity index (χ2v) is 16.8. The van der Waals surface area contributed by atoms with E-state index < -0.39 is 15.6 Å². The first-order chi connectivity index (χ1) is 28.4. The molecule has 0 spiro atoms. The van der Waals surface area contributed by atoms with Crippen LogP contribution in [-0.4, -0.2) is 85.4 Å². The van der Waals surface area contributed by atoms with Crippen LogP contribution in [-0.2, 0) is 28.2 Å². The molecule has 314 valence electrons. The summed E-state index contributed by atoms with van der Waals surface area (Å²) < 4.78 is 11.2. The molecule has 3 amide bonds. The predicted molar refractivity (Wildman–Crippen MR) is 227 cm³/mol. The summed E-state index contributed by atoms with van der Waals surface area (Å²) >= 11 is 10.7. The molecule has 0 bridgehead atoms. The summed E-state index contributed by atoms with van der Waals surface area (Å²) in [6.07, 6.45) is 2.44. The summed E-state index contributed by atoms with van der Waals surface area (Å²) in [5, 5.41) is 23.1. The number of hydroxylamine groups is 1. The maximum atomic E-state index is 13.2. The zero-order valence-corrected chi connectivity index (χ0v) is 35.7. The van der Waals surface area contributed by atoms with Gasteiger partial charge >= 0.3 is 6.03 Å². The Morgan fingerprint density at radius 3 is 2.50 bits per heavy atom. The number of nitriles is 1. The molecular weight excluding hydrogens is 808 g/mol. The fourth-order valence-corrected chi connectivity index (χ4v) is 7.53. The minimum absolute atomic E-state index is 0.0150. The van der Waals surface area contributed by atoms with Gasteiger partial charge in [0.25, 0.3) is 11.9 Å². The van der Waals surface area contributed by atoms with Crippen LogP contribution in [0.15, 0.2) is 66.9 Å². The van der Waals surface area contributed by atoms with Crippen LogP contribution in [0.4, 0.5) is 16.4 Å². The summed E-state index contributed by atoms with van der Waals surface area (Å²) in [5.41, 5.74) is 6.48. The highest BCUT2D eigenvalue weighted by atomic mass is 35.5. The first kappa shape index (κ1) is 43.8. The maximum Gasteiger partial charge on any atom is 0.321 e. The van der Waals surface area contributed by atoms with Crippen molar-refractivity contribution in [1.29, 1.82) is 5.26 Å². The number of Topliss-reactive ketones (excluding diaryl/α,β-unsaturated/α-hetero) is 2. The van der Waals surface area contributed by atoms with Crippen LogP contribution >= 0.6 is 24.4 Å². The first-order valence-corrected chi connectivity index (χ1v) is 20.3. The number of halogens is 1. The number of nitrogens with one attached hydrogen (secondary N) is 2. The number of anilines is 2. The Morgan fingerprint density at radius 2 is 1.83 bits per heavy atom. The van der Waals surface area contributed by atoms with Crippen LogP contribution < -0.4 is 20.2 Å². The molecule has 2 aliphatic heterocycles. The molecule has 3 aromatic carbocycles. The Bertz CT molecular complexity index is 2320. The van der Waals surface area contributed by atoms with E-state index in [1.54, 1.807) is 54.4 Å². The highest BCUT2D eigenvalue weighted by Crippen LogP contribution is 2.39. The van der Waals surface area contributed by atoms with Gasteiger partial charge in [0.1, 0.15) is 44.1 Å². The fraction of sp³-hybridized carbons (Fsp3) is 0.372. The van der Waals surface area contributed by atoms with Gasteiger partial charge in [-0.05, 0) is 82.7 Å². The number of hydrogen-bond acceptors (Lipinski definition) is 12. The van der Waals surface area contributed by atoms with Gasteiger partial charge in [-0.15, -0.1) is 0 Å². The number of carbonyl (C=O) groups excluding carboxylic acids is 4. The van der Waals surface area contributed by atoms with Crippen molar-refractivity contribution in [1.82, 2.24) is 19.8 Å². The summed E-state index contributed by atoms with van der Waals surface area (Å²) in [6, 6.07) is 19.2. The van der Waals surface area contributed by atoms with E-state index in [9.17, 15) is 29.6 Å². The number of quaternary nitrogens is 1. The maximum absolute atomic E-state index is 13.2. The number of aromatic nitrogens is 2. The molecule has 1 fully saturated rings. The average Bonchev–Trinajstić information content (AvgIpc) is 3.50. The average molecular weight is 856 g/mol. The number of nitrogens with zero attached hydrogens (tertiary/aromatic N) is 6. The molecule has 4 aromatic rings. The van der Waals surface area contributed by atoms with Gasteiger partial charge in [-0.3, -0.25) is 14.4 Å². The molecule has 0 aliphatic carbocycles. The van der Waals surface area contributed by atoms with Gasteiger partial charge in [-0.2, -0.15) is 15.9 Å². The lowest BCUT2D eigenvalue weighted by molar-refractivity contribution is -0.955. The molecule has 60 heavy (non-hydrogen) atoms. The van der Waals surface area contributed by atoms with E-state index >= 15 is 0 Å². The van der Waals surface area contributed by atoms with Crippen molar-refractivity contribution < 1.29 is 38.0 Å². The van der Waals surface area contributed by atoms with Gasteiger partial charge in [-0.25, -0.2) is 14.8 Å². The number of urea groups is 1. The Morgan fingerprint density at radius 1 is 1.10 bits per heavy atom. The van der Waals surface area contributed by atoms with Gasteiger partial charge in [0.2, 0.25) is 0 Å². The van der Waals surface area contributed by atoms with Gasteiger partial charge in [0, 0.05) is 61.3 Å². The Balaban J connectivity index is 1.00. The lowest BCUT2D eigenvalue weighted by Gasteiger charge is -2.39. The van der Waals surface area contributed by atoms with Gasteiger partial charge in [0.05, 0.1) is 28.9 Å². The second-order valence-electron chi connectivity index (χ2n) is 15.7. The molecule has 2 aliphatic rings. The zero-order chi connectivity index (χ0) is 43.4. The molecule has 1 saturated heterocycles. The fourth-order valence-electron chi connectivity index (χ4n) is 7.17. The van der Waals surface area contributed by atoms with E-state index in [0.29, 0.717) is 58.4 Å². The minimum Gasteiger partial charge on any atom is -0.490 e. The smallest absolute Gasteiger partial charge is 0.321 e. The summed E-state index contributed by atoms with van der Waals surface area (Å²) in [4.78, 5) is 62.2. The Hall–Kier alpha value is -5.73. The monoisotopic (exact) mass is 855 g/mol. The van der Waals surface area contributed by atoms with Crippen LogP contribution in [0, 0.1) is 17.2 Å². The number of carbonyl (C=O) groups is 4. The van der Waals surface area contributed by atoms with Crippen LogP contribution in [0.25, 0.3) is 0 Å². The standard InChI is InChI=1S/C43H47ClN8O7S/c1-6-34(54)10-14-38(26(2)53)51-23-29-18-32(9-13-36(29)40(51)55)48-42(56)50-21-27(22-50)24-59-39-28(20-45)17-31(19-37(39)44)43(3,4)30-7-11-35(12-8-30)58-25-33-15-16-46-41(47-33)49-52(5,57)60/h7-9,11-13,15-19,27,38,57,60H,6,10,14,21-25H2,1-5H3,(H-,46,47,48,49,55,56)/p+1. The topological polar surface area (TPSA) is 187 Å². The molecule has 17 heteroatoms. The van der Waals surface area contributed by atoms with Gasteiger partial charge in [0.15, 0.2) is 11.5 Å². The second kappa shape index (κ2) is 18.3. The van der Waals surface area contributed by atoms with Gasteiger partial charge in [-0.1, -0.05) is 44.5 Å². The zero-order valence-electron chi connectivity index (χ0n) is 34.1. The van der Waals surface area contributed by atoms with Crippen molar-refractivity contribution in [3.63, 3.8) is 0 Å². The van der Waals surface area contributed by atoms with E-state index in [2.05, 4.69) is 39.6 Å². The number of rotatable bonds is 17. The quantitative estimate of drug-likeness (QED) is 0.0481. The van der Waals surface area contributed by atoms with E-state index in [4.69, 9.17) is 21.1 Å². The summed E-state index contributed by atoms with van der Waals surface area (Å²) in [7, 11) is 1.40. The molecule has 3 N–H and O–H groups in total. The summed E-state index contributed by atoms with van der Waals surface area (Å²) in [5.74, 6) is 0.726. The number of fused-ring (bicyclic) bond motifs is 1. The number of benzene rings is 3. The van der Waals surface area contributed by atoms with E-state index in [1.807, 2.05) is 38.1 Å². The molecular formula is C43H48ClN8O7S+. The number of thiol groups is 1. The van der Waals surface area contributed by atoms with E-state index in [-0.39, 0.29) is 73.7 Å². The van der Waals surface area contributed by atoms with E-state index in [1.165, 1.54) is 18.9 Å². The Labute approximate surface area is 359 Å². The highest BCUT2D eigenvalue weighted by molar-refractivity contribution is 7.74. The number of likely N-dealkylation sites (tertiary alicyclic amines) is 1. The third-order valence-electron chi connectivity index (χ3n) is 10.7. The van der Waals surface area contributed by atoms with Crippen LogP contribution in [0.2, 0.25) is 5.02 Å². The molecule has 2 unspecified atom stereocenters. The predicted octanol–water partition coefficient (Wildman–Crippen LogP) is 7.13. The van der Waals surface area contributed by atoms with Crippen molar-refractivity contribution in [2.24, 2.45) is 5.92 Å². The first-order valence-electron chi connectivity index (χ1n) is 19.5. The van der Waals surface area contributed by atoms with Gasteiger partial charge < -0.3 is 24.6 Å². The molecule has 0 radical (unpaired) electrons. The number of ketones is 2. The molecule has 3 heterocycles. The third-order valence-corrected chi connectivity index (χ3v) is 11.1. The van der Waals surface area contributed by atoms with E-state index in [0.717, 1.165) is 11.1 Å². The lowest BCUT2D eigenvalue weighted by atomic mass is 9.77. The van der Waals surface area contributed by atoms with Crippen LogP contribution in [0.1, 0.15) is 85.3 Å². The molecule has 6 rings (SSSR count). The summed E-state index contributed by atoms with van der Waals surface area (Å²) in [6.45, 7) is 8.78. The van der Waals surface area contributed by atoms with Crippen molar-refractivity contribution in [2.75, 3.05) is 37.5 Å². The molecule has 1 aromatic heterocycles. The lowest BCUT2D eigenvalue weighted by Crippen LogP contribution is -2.53. The van der Waals surface area contributed by atoms with Crippen LogP contribution in [0.3, 0.4) is 0 Å². The van der Waals surface area contributed by atoms with Crippen molar-refractivity contribution >= 4 is 59.6 Å². The molecule has 2 atom stereocenters. The Kier molecular flexibility index (Phi) is 13.3. The van der Waals surface area contributed by atoms with Crippen molar-refractivity contribution in [2.45, 2.75) is 71.6 Å². The minimum atomic E-state index is -0.829. The number of ether oxygens (including phenoxy) is 2. The normalized spacial score (nSPS) is 15.3. The highest BCUT2D eigenvalue weighted by Gasteiger charge is 2.36. The van der Waals surface area contributed by atoms with Crippen molar-refractivity contribution in [3.8, 4) is 17.6 Å². The number of hydrogen-bond donors (Lipinski definition) is 4. The molecule has 15 nitrogen and oxygen atoms in total. The third kappa shape index (κ3) is 10.3. The van der Waals surface area contributed by atoms with Crippen molar-refractivity contribution in [3.05, 3.63) is 105 Å². The largest absolute Gasteiger partial charge is 0.490 e. The number of amides is 3.